The molecule has 1 amide bonds. The Morgan fingerprint density at radius 1 is 1.36 bits per heavy atom. The van der Waals surface area contributed by atoms with Gasteiger partial charge in [0.05, 0.1) is 11.8 Å². The SMILES string of the molecule is CC[C@@]1(C(=O)O)C[C@@H]2CC[C@H]1N2C(=O)Cc1ccccc1Cl. The Morgan fingerprint density at radius 3 is 2.68 bits per heavy atom. The van der Waals surface area contributed by atoms with E-state index in [9.17, 15) is 14.7 Å². The number of fused-ring (bicyclic) bond motifs is 2. The molecule has 5 heteroatoms. The summed E-state index contributed by atoms with van der Waals surface area (Å²) in [5.74, 6) is -0.769. The van der Waals surface area contributed by atoms with Gasteiger partial charge in [-0.05, 0) is 37.3 Å². The minimum Gasteiger partial charge on any atom is -0.481 e. The van der Waals surface area contributed by atoms with Crippen molar-refractivity contribution in [2.24, 2.45) is 5.41 Å². The third kappa shape index (κ3) is 2.21. The zero-order valence-corrected chi connectivity index (χ0v) is 13.3. The Kier molecular flexibility index (Phi) is 3.89. The molecule has 0 spiro atoms. The fourth-order valence-electron chi connectivity index (χ4n) is 4.22. The average molecular weight is 322 g/mol. The fourth-order valence-corrected chi connectivity index (χ4v) is 4.42. The van der Waals surface area contributed by atoms with Crippen molar-refractivity contribution in [1.82, 2.24) is 4.90 Å². The molecule has 2 bridgehead atoms. The summed E-state index contributed by atoms with van der Waals surface area (Å²) in [6.45, 7) is 1.91. The zero-order valence-electron chi connectivity index (χ0n) is 12.6. The summed E-state index contributed by atoms with van der Waals surface area (Å²) < 4.78 is 0. The molecular formula is C17H20ClNO3. The molecule has 118 valence electrons. The molecule has 0 aromatic heterocycles. The number of nitrogens with zero attached hydrogens (tertiary/aromatic N) is 1. The maximum absolute atomic E-state index is 12.7. The van der Waals surface area contributed by atoms with Crippen molar-refractivity contribution in [2.75, 3.05) is 0 Å². The highest BCUT2D eigenvalue weighted by atomic mass is 35.5. The van der Waals surface area contributed by atoms with Crippen molar-refractivity contribution in [2.45, 2.75) is 51.1 Å². The van der Waals surface area contributed by atoms with Crippen LogP contribution in [0.2, 0.25) is 5.02 Å². The second kappa shape index (κ2) is 5.58. The van der Waals surface area contributed by atoms with Gasteiger partial charge in [0, 0.05) is 17.1 Å². The van der Waals surface area contributed by atoms with Crippen LogP contribution in [0, 0.1) is 5.41 Å². The standard InChI is InChI=1S/C17H20ClNO3/c1-2-17(16(21)22)10-12-7-8-14(17)19(12)15(20)9-11-5-3-4-6-13(11)18/h3-6,12,14H,2,7-10H2,1H3,(H,21,22)/t12-,14+,17+/m0/s1. The van der Waals surface area contributed by atoms with Crippen LogP contribution in [0.3, 0.4) is 0 Å². The molecule has 2 saturated heterocycles. The van der Waals surface area contributed by atoms with Crippen molar-refractivity contribution in [3.05, 3.63) is 34.9 Å². The first-order chi connectivity index (χ1) is 10.5. The lowest BCUT2D eigenvalue weighted by Crippen LogP contribution is -2.45. The Morgan fingerprint density at radius 2 is 2.09 bits per heavy atom. The molecule has 1 N–H and O–H groups in total. The number of halogens is 1. The average Bonchev–Trinajstić information content (AvgIpc) is 3.05. The molecule has 1 aromatic carbocycles. The topological polar surface area (TPSA) is 57.6 Å². The number of carbonyl (C=O) groups is 2. The molecule has 0 unspecified atom stereocenters. The summed E-state index contributed by atoms with van der Waals surface area (Å²) in [6, 6.07) is 7.22. The van der Waals surface area contributed by atoms with Crippen LogP contribution in [-0.2, 0) is 16.0 Å². The lowest BCUT2D eigenvalue weighted by molar-refractivity contribution is -0.151. The van der Waals surface area contributed by atoms with Crippen LogP contribution in [0.5, 0.6) is 0 Å². The van der Waals surface area contributed by atoms with E-state index in [2.05, 4.69) is 0 Å². The zero-order chi connectivity index (χ0) is 15.9. The summed E-state index contributed by atoms with van der Waals surface area (Å²) in [6.07, 6.45) is 3.09. The highest BCUT2D eigenvalue weighted by Gasteiger charge is 2.60. The van der Waals surface area contributed by atoms with Crippen LogP contribution in [0.4, 0.5) is 0 Å². The van der Waals surface area contributed by atoms with Crippen molar-refractivity contribution < 1.29 is 14.7 Å². The number of aliphatic carboxylic acids is 1. The van der Waals surface area contributed by atoms with Gasteiger partial charge in [-0.1, -0.05) is 36.7 Å². The molecule has 3 atom stereocenters. The van der Waals surface area contributed by atoms with E-state index < -0.39 is 11.4 Å². The molecular weight excluding hydrogens is 302 g/mol. The number of benzene rings is 1. The Bertz CT molecular complexity index is 618. The van der Waals surface area contributed by atoms with Gasteiger partial charge in [-0.25, -0.2) is 0 Å². The number of hydrogen-bond acceptors (Lipinski definition) is 2. The number of amides is 1. The molecule has 0 radical (unpaired) electrons. The predicted molar refractivity (Wildman–Crippen MR) is 83.8 cm³/mol. The maximum atomic E-state index is 12.7. The molecule has 22 heavy (non-hydrogen) atoms. The largest absolute Gasteiger partial charge is 0.481 e. The highest BCUT2D eigenvalue weighted by Crippen LogP contribution is 2.52. The summed E-state index contributed by atoms with van der Waals surface area (Å²) in [4.78, 5) is 26.3. The monoisotopic (exact) mass is 321 g/mol. The normalized spacial score (nSPS) is 29.8. The van der Waals surface area contributed by atoms with Gasteiger partial charge in [0.15, 0.2) is 0 Å². The summed E-state index contributed by atoms with van der Waals surface area (Å²) in [7, 11) is 0. The Balaban J connectivity index is 1.83. The van der Waals surface area contributed by atoms with Crippen molar-refractivity contribution in [3.63, 3.8) is 0 Å². The molecule has 4 nitrogen and oxygen atoms in total. The highest BCUT2D eigenvalue weighted by molar-refractivity contribution is 6.31. The minimum atomic E-state index is -0.766. The Labute approximate surface area is 135 Å². The second-order valence-corrected chi connectivity index (χ2v) is 6.74. The minimum absolute atomic E-state index is 0.00262. The van der Waals surface area contributed by atoms with Crippen LogP contribution in [-0.4, -0.2) is 34.0 Å². The van der Waals surface area contributed by atoms with E-state index in [4.69, 9.17) is 11.6 Å². The number of carboxylic acids is 1. The first kappa shape index (κ1) is 15.3. The number of rotatable bonds is 4. The van der Waals surface area contributed by atoms with E-state index in [0.717, 1.165) is 18.4 Å². The summed E-state index contributed by atoms with van der Waals surface area (Å²) in [5.41, 5.74) is 0.0388. The molecule has 0 aliphatic carbocycles. The smallest absolute Gasteiger partial charge is 0.311 e. The fraction of sp³-hybridized carbons (Fsp3) is 0.529. The van der Waals surface area contributed by atoms with Crippen LogP contribution >= 0.6 is 11.6 Å². The van der Waals surface area contributed by atoms with Gasteiger partial charge in [-0.3, -0.25) is 9.59 Å². The molecule has 3 rings (SSSR count). The lowest BCUT2D eigenvalue weighted by Gasteiger charge is -2.32. The van der Waals surface area contributed by atoms with Crippen molar-refractivity contribution >= 4 is 23.5 Å². The van der Waals surface area contributed by atoms with Gasteiger partial charge in [0.2, 0.25) is 5.91 Å². The molecule has 2 aliphatic rings. The van der Waals surface area contributed by atoms with E-state index >= 15 is 0 Å². The first-order valence-electron chi connectivity index (χ1n) is 7.77. The molecule has 2 fully saturated rings. The van der Waals surface area contributed by atoms with Crippen molar-refractivity contribution in [3.8, 4) is 0 Å². The van der Waals surface area contributed by atoms with Gasteiger partial charge in [-0.15, -0.1) is 0 Å². The number of carbonyl (C=O) groups excluding carboxylic acids is 1. The maximum Gasteiger partial charge on any atom is 0.311 e. The predicted octanol–water partition coefficient (Wildman–Crippen LogP) is 3.13. The van der Waals surface area contributed by atoms with Gasteiger partial charge in [0.25, 0.3) is 0 Å². The summed E-state index contributed by atoms with van der Waals surface area (Å²) >= 11 is 6.13. The summed E-state index contributed by atoms with van der Waals surface area (Å²) in [5, 5.41) is 10.2. The van der Waals surface area contributed by atoms with Gasteiger partial charge < -0.3 is 10.0 Å². The van der Waals surface area contributed by atoms with Crippen LogP contribution in [0.25, 0.3) is 0 Å². The van der Waals surface area contributed by atoms with Gasteiger partial charge >= 0.3 is 5.97 Å². The first-order valence-corrected chi connectivity index (χ1v) is 8.15. The van der Waals surface area contributed by atoms with E-state index in [1.54, 1.807) is 6.07 Å². The Hall–Kier alpha value is -1.55. The van der Waals surface area contributed by atoms with Crippen molar-refractivity contribution in [1.29, 1.82) is 0 Å². The van der Waals surface area contributed by atoms with Crippen LogP contribution in [0.15, 0.2) is 24.3 Å². The molecule has 2 aliphatic heterocycles. The van der Waals surface area contributed by atoms with Crippen LogP contribution < -0.4 is 0 Å². The number of carboxylic acid groups (broad SMARTS) is 1. The number of hydrogen-bond donors (Lipinski definition) is 1. The lowest BCUT2D eigenvalue weighted by atomic mass is 9.72. The third-order valence-electron chi connectivity index (χ3n) is 5.38. The quantitative estimate of drug-likeness (QED) is 0.927. The van der Waals surface area contributed by atoms with Gasteiger partial charge in [0.1, 0.15) is 0 Å². The molecule has 2 heterocycles. The van der Waals surface area contributed by atoms with Gasteiger partial charge in [-0.2, -0.15) is 0 Å². The van der Waals surface area contributed by atoms with Crippen LogP contribution in [0.1, 0.15) is 38.2 Å². The molecule has 0 saturated carbocycles. The second-order valence-electron chi connectivity index (χ2n) is 6.34. The van der Waals surface area contributed by atoms with E-state index in [1.807, 2.05) is 30.0 Å². The van der Waals surface area contributed by atoms with E-state index in [0.29, 0.717) is 17.9 Å². The van der Waals surface area contributed by atoms with E-state index in [1.165, 1.54) is 0 Å². The third-order valence-corrected chi connectivity index (χ3v) is 5.75. The van der Waals surface area contributed by atoms with E-state index in [-0.39, 0.29) is 24.4 Å². The molecule has 1 aromatic rings.